The molecule has 0 saturated heterocycles. The summed E-state index contributed by atoms with van der Waals surface area (Å²) in [7, 11) is 0. The van der Waals surface area contributed by atoms with Gasteiger partial charge in [0, 0.05) is 5.56 Å². The second kappa shape index (κ2) is 5.30. The predicted molar refractivity (Wildman–Crippen MR) is 80.8 cm³/mol. The smallest absolute Gasteiger partial charge is 0.134 e. The van der Waals surface area contributed by atoms with Crippen LogP contribution in [0, 0.1) is 18.8 Å². The van der Waals surface area contributed by atoms with Gasteiger partial charge in [0.15, 0.2) is 0 Å². The maximum Gasteiger partial charge on any atom is 0.134 e. The fraction of sp³-hybridized carbons (Fsp3) is 0.0526. The van der Waals surface area contributed by atoms with Crippen LogP contribution in [-0.2, 0) is 0 Å². The zero-order valence-electron chi connectivity index (χ0n) is 11.2. The van der Waals surface area contributed by atoms with Crippen LogP contribution in [0.1, 0.15) is 5.56 Å². The van der Waals surface area contributed by atoms with Crippen molar-refractivity contribution in [3.05, 3.63) is 84.2 Å². The third kappa shape index (κ3) is 2.23. The standard InChI is InChI=1S/C19H14F/c1-14-17(15-8-4-2-5-9-15)12-13-18(19(14)20)16-10-6-3-7-11-16/h2-11,13H,1H3. The third-order valence-corrected chi connectivity index (χ3v) is 3.45. The maximum atomic E-state index is 14.6. The molecule has 0 unspecified atom stereocenters. The Labute approximate surface area is 118 Å². The van der Waals surface area contributed by atoms with E-state index in [1.807, 2.05) is 60.7 Å². The molecule has 0 fully saturated rings. The van der Waals surface area contributed by atoms with Gasteiger partial charge in [0.25, 0.3) is 0 Å². The minimum Gasteiger partial charge on any atom is -0.206 e. The van der Waals surface area contributed by atoms with Gasteiger partial charge in [0.1, 0.15) is 5.82 Å². The molecule has 0 aliphatic heterocycles. The SMILES string of the molecule is Cc1c(-c2ccccc2)[c]cc(-c2ccccc2)c1F. The molecule has 3 aromatic carbocycles. The van der Waals surface area contributed by atoms with Gasteiger partial charge in [0.2, 0.25) is 0 Å². The van der Waals surface area contributed by atoms with Crippen molar-refractivity contribution in [1.82, 2.24) is 0 Å². The molecular formula is C19H14F. The van der Waals surface area contributed by atoms with E-state index in [9.17, 15) is 4.39 Å². The fourth-order valence-electron chi connectivity index (χ4n) is 2.36. The van der Waals surface area contributed by atoms with Gasteiger partial charge in [-0.3, -0.25) is 0 Å². The van der Waals surface area contributed by atoms with E-state index in [0.29, 0.717) is 11.1 Å². The lowest BCUT2D eigenvalue weighted by Gasteiger charge is -2.11. The molecule has 0 atom stereocenters. The Morgan fingerprint density at radius 2 is 1.35 bits per heavy atom. The van der Waals surface area contributed by atoms with Gasteiger partial charge in [0.05, 0.1) is 0 Å². The largest absolute Gasteiger partial charge is 0.206 e. The molecule has 0 spiro atoms. The molecule has 0 bridgehead atoms. The number of halogens is 1. The first-order valence-electron chi connectivity index (χ1n) is 6.59. The van der Waals surface area contributed by atoms with Crippen LogP contribution in [-0.4, -0.2) is 0 Å². The summed E-state index contributed by atoms with van der Waals surface area (Å²) < 4.78 is 14.6. The molecule has 0 saturated carbocycles. The Morgan fingerprint density at radius 3 is 1.95 bits per heavy atom. The van der Waals surface area contributed by atoms with Crippen LogP contribution in [0.3, 0.4) is 0 Å². The lowest BCUT2D eigenvalue weighted by Crippen LogP contribution is -1.93. The molecule has 0 heterocycles. The van der Waals surface area contributed by atoms with Gasteiger partial charge in [-0.25, -0.2) is 4.39 Å². The minimum atomic E-state index is -0.172. The van der Waals surface area contributed by atoms with E-state index in [1.54, 1.807) is 13.0 Å². The van der Waals surface area contributed by atoms with E-state index in [4.69, 9.17) is 0 Å². The van der Waals surface area contributed by atoms with E-state index in [2.05, 4.69) is 6.07 Å². The molecule has 20 heavy (non-hydrogen) atoms. The molecule has 1 radical (unpaired) electrons. The van der Waals surface area contributed by atoms with E-state index < -0.39 is 0 Å². The highest BCUT2D eigenvalue weighted by Crippen LogP contribution is 2.31. The first-order chi connectivity index (χ1) is 9.77. The molecule has 0 nitrogen and oxygen atoms in total. The second-order valence-electron chi connectivity index (χ2n) is 4.75. The Balaban J connectivity index is 2.13. The maximum absolute atomic E-state index is 14.6. The zero-order chi connectivity index (χ0) is 13.9. The van der Waals surface area contributed by atoms with Crippen molar-refractivity contribution < 1.29 is 4.39 Å². The van der Waals surface area contributed by atoms with Gasteiger partial charge in [-0.1, -0.05) is 60.7 Å². The van der Waals surface area contributed by atoms with Gasteiger partial charge < -0.3 is 0 Å². The van der Waals surface area contributed by atoms with Gasteiger partial charge >= 0.3 is 0 Å². The Morgan fingerprint density at radius 1 is 0.800 bits per heavy atom. The molecular weight excluding hydrogens is 247 g/mol. The van der Waals surface area contributed by atoms with Crippen LogP contribution in [0.2, 0.25) is 0 Å². The minimum absolute atomic E-state index is 0.172. The molecule has 3 aromatic rings. The first kappa shape index (κ1) is 12.6. The van der Waals surface area contributed by atoms with E-state index in [-0.39, 0.29) is 5.82 Å². The summed E-state index contributed by atoms with van der Waals surface area (Å²) >= 11 is 0. The van der Waals surface area contributed by atoms with Crippen molar-refractivity contribution in [2.75, 3.05) is 0 Å². The summed E-state index contributed by atoms with van der Waals surface area (Å²) in [6.07, 6.45) is 0. The van der Waals surface area contributed by atoms with E-state index in [0.717, 1.165) is 16.7 Å². The van der Waals surface area contributed by atoms with Crippen LogP contribution in [0.25, 0.3) is 22.3 Å². The van der Waals surface area contributed by atoms with Crippen LogP contribution in [0.4, 0.5) is 4.39 Å². The molecule has 3 rings (SSSR count). The summed E-state index contributed by atoms with van der Waals surface area (Å²) in [5.74, 6) is -0.172. The summed E-state index contributed by atoms with van der Waals surface area (Å²) in [4.78, 5) is 0. The number of hydrogen-bond donors (Lipinski definition) is 0. The Bertz CT molecular complexity index is 651. The van der Waals surface area contributed by atoms with Gasteiger partial charge in [-0.15, -0.1) is 0 Å². The van der Waals surface area contributed by atoms with Crippen LogP contribution in [0.15, 0.2) is 66.7 Å². The lowest BCUT2D eigenvalue weighted by atomic mass is 9.95. The van der Waals surface area contributed by atoms with Crippen molar-refractivity contribution >= 4 is 0 Å². The fourth-order valence-corrected chi connectivity index (χ4v) is 2.36. The molecule has 0 N–H and O–H groups in total. The normalized spacial score (nSPS) is 10.5. The summed E-state index contributed by atoms with van der Waals surface area (Å²) in [5, 5.41) is 0. The van der Waals surface area contributed by atoms with Gasteiger partial charge in [-0.05, 0) is 41.3 Å². The quantitative estimate of drug-likeness (QED) is 0.589. The lowest BCUT2D eigenvalue weighted by molar-refractivity contribution is 0.622. The molecule has 1 heteroatoms. The summed E-state index contributed by atoms with van der Waals surface area (Å²) in [5.41, 5.74) is 3.93. The topological polar surface area (TPSA) is 0 Å². The van der Waals surface area contributed by atoms with Crippen LogP contribution < -0.4 is 0 Å². The highest BCUT2D eigenvalue weighted by Gasteiger charge is 2.12. The molecule has 0 aliphatic rings. The molecule has 0 aromatic heterocycles. The monoisotopic (exact) mass is 261 g/mol. The van der Waals surface area contributed by atoms with E-state index >= 15 is 0 Å². The van der Waals surface area contributed by atoms with Crippen LogP contribution in [0.5, 0.6) is 0 Å². The van der Waals surface area contributed by atoms with Crippen molar-refractivity contribution in [1.29, 1.82) is 0 Å². The number of benzene rings is 3. The summed E-state index contributed by atoms with van der Waals surface area (Å²) in [6.45, 7) is 1.81. The van der Waals surface area contributed by atoms with Gasteiger partial charge in [-0.2, -0.15) is 0 Å². The number of hydrogen-bond acceptors (Lipinski definition) is 0. The van der Waals surface area contributed by atoms with Crippen molar-refractivity contribution in [2.24, 2.45) is 0 Å². The average molecular weight is 261 g/mol. The van der Waals surface area contributed by atoms with E-state index in [1.165, 1.54) is 0 Å². The predicted octanol–water partition coefficient (Wildman–Crippen LogP) is 5.27. The highest BCUT2D eigenvalue weighted by molar-refractivity contribution is 5.73. The molecule has 0 amide bonds. The highest BCUT2D eigenvalue weighted by atomic mass is 19.1. The summed E-state index contributed by atoms with van der Waals surface area (Å²) in [6, 6.07) is 24.3. The number of rotatable bonds is 2. The Hall–Kier alpha value is -2.41. The third-order valence-electron chi connectivity index (χ3n) is 3.45. The van der Waals surface area contributed by atoms with Crippen molar-refractivity contribution in [2.45, 2.75) is 6.92 Å². The molecule has 0 aliphatic carbocycles. The zero-order valence-corrected chi connectivity index (χ0v) is 11.2. The first-order valence-corrected chi connectivity index (χ1v) is 6.59. The van der Waals surface area contributed by atoms with Crippen molar-refractivity contribution in [3.63, 3.8) is 0 Å². The average Bonchev–Trinajstić information content (AvgIpc) is 2.52. The molecule has 97 valence electrons. The Kier molecular flexibility index (Phi) is 3.34. The van der Waals surface area contributed by atoms with Crippen molar-refractivity contribution in [3.8, 4) is 22.3 Å². The van der Waals surface area contributed by atoms with Crippen LogP contribution >= 0.6 is 0 Å². The second-order valence-corrected chi connectivity index (χ2v) is 4.75.